The first kappa shape index (κ1) is 16.0. The number of rotatable bonds is 6. The van der Waals surface area contributed by atoms with Crippen molar-refractivity contribution >= 4 is 17.3 Å². The van der Waals surface area contributed by atoms with E-state index in [0.717, 1.165) is 35.8 Å². The molecule has 2 aromatic rings. The normalized spacial score (nSPS) is 18.7. The summed E-state index contributed by atoms with van der Waals surface area (Å²) in [6.45, 7) is 2.73. The highest BCUT2D eigenvalue weighted by molar-refractivity contribution is 7.09. The van der Waals surface area contributed by atoms with Crippen LogP contribution in [-0.2, 0) is 17.9 Å². The highest BCUT2D eigenvalue weighted by atomic mass is 32.1. The molecule has 1 N–H and O–H groups in total. The molecule has 0 bridgehead atoms. The van der Waals surface area contributed by atoms with Gasteiger partial charge in [0.2, 0.25) is 0 Å². The Bertz CT molecular complexity index is 644. The fourth-order valence-corrected chi connectivity index (χ4v) is 3.48. The van der Waals surface area contributed by atoms with Crippen molar-refractivity contribution < 1.29 is 14.6 Å². The number of hydrogen-bond acceptors (Lipinski definition) is 5. The maximum absolute atomic E-state index is 11.1. The second-order valence-electron chi connectivity index (χ2n) is 5.75. The van der Waals surface area contributed by atoms with E-state index in [9.17, 15) is 4.79 Å². The van der Waals surface area contributed by atoms with Crippen molar-refractivity contribution in [3.63, 3.8) is 0 Å². The van der Waals surface area contributed by atoms with Gasteiger partial charge in [0.15, 0.2) is 0 Å². The van der Waals surface area contributed by atoms with Gasteiger partial charge in [0.05, 0.1) is 11.6 Å². The molecule has 1 aliphatic rings. The monoisotopic (exact) mass is 332 g/mol. The molecule has 2 heterocycles. The number of nitrogens with zero attached hydrogens (tertiary/aromatic N) is 2. The van der Waals surface area contributed by atoms with E-state index >= 15 is 0 Å². The fraction of sp³-hybridized carbons (Fsp3) is 0.412. The Morgan fingerprint density at radius 1 is 1.39 bits per heavy atom. The SMILES string of the molecule is O=C(O)C1CCCN(Cc2csc(COc3ccccc3)n2)C1. The Kier molecular flexibility index (Phi) is 5.25. The first-order valence-corrected chi connectivity index (χ1v) is 8.65. The van der Waals surface area contributed by atoms with Gasteiger partial charge in [-0.1, -0.05) is 18.2 Å². The molecule has 0 saturated carbocycles. The van der Waals surface area contributed by atoms with Crippen LogP contribution in [0.5, 0.6) is 5.75 Å². The summed E-state index contributed by atoms with van der Waals surface area (Å²) >= 11 is 1.59. The minimum Gasteiger partial charge on any atom is -0.486 e. The van der Waals surface area contributed by atoms with Gasteiger partial charge in [0, 0.05) is 18.5 Å². The van der Waals surface area contributed by atoms with E-state index < -0.39 is 5.97 Å². The zero-order valence-electron chi connectivity index (χ0n) is 12.9. The lowest BCUT2D eigenvalue weighted by Crippen LogP contribution is -2.38. The van der Waals surface area contributed by atoms with Crippen LogP contribution in [0.2, 0.25) is 0 Å². The zero-order chi connectivity index (χ0) is 16.1. The molecule has 3 rings (SSSR count). The number of likely N-dealkylation sites (tertiary alicyclic amines) is 1. The van der Waals surface area contributed by atoms with Gasteiger partial charge in [-0.3, -0.25) is 9.69 Å². The van der Waals surface area contributed by atoms with E-state index in [1.165, 1.54) is 0 Å². The number of thiazole rings is 1. The lowest BCUT2D eigenvalue weighted by molar-refractivity contribution is -0.143. The predicted molar refractivity (Wildman–Crippen MR) is 88.5 cm³/mol. The predicted octanol–water partition coefficient (Wildman–Crippen LogP) is 3.02. The average Bonchev–Trinajstić information content (AvgIpc) is 3.01. The number of aromatic nitrogens is 1. The lowest BCUT2D eigenvalue weighted by atomic mass is 9.98. The van der Waals surface area contributed by atoms with E-state index in [0.29, 0.717) is 19.7 Å². The van der Waals surface area contributed by atoms with Gasteiger partial charge in [-0.05, 0) is 31.5 Å². The van der Waals surface area contributed by atoms with Crippen LogP contribution in [0.3, 0.4) is 0 Å². The minimum absolute atomic E-state index is 0.247. The second-order valence-corrected chi connectivity index (χ2v) is 6.69. The van der Waals surface area contributed by atoms with Crippen molar-refractivity contribution in [2.75, 3.05) is 13.1 Å². The molecule has 0 radical (unpaired) electrons. The summed E-state index contributed by atoms with van der Waals surface area (Å²) in [7, 11) is 0. The molecule has 1 fully saturated rings. The summed E-state index contributed by atoms with van der Waals surface area (Å²) in [5.74, 6) is -0.0993. The standard InChI is InChI=1S/C17H20N2O3S/c20-17(21)13-5-4-8-19(9-13)10-14-12-23-16(18-14)11-22-15-6-2-1-3-7-15/h1-3,6-7,12-13H,4-5,8-11H2,(H,20,21). The molecule has 0 spiro atoms. The highest BCUT2D eigenvalue weighted by Gasteiger charge is 2.25. The molecule has 5 nitrogen and oxygen atoms in total. The third kappa shape index (κ3) is 4.53. The highest BCUT2D eigenvalue weighted by Crippen LogP contribution is 2.20. The Labute approximate surface area is 139 Å². The molecule has 1 saturated heterocycles. The summed E-state index contributed by atoms with van der Waals surface area (Å²) in [6.07, 6.45) is 1.71. The summed E-state index contributed by atoms with van der Waals surface area (Å²) in [5, 5.41) is 12.1. The number of para-hydroxylation sites is 1. The Morgan fingerprint density at radius 3 is 3.00 bits per heavy atom. The molecule has 0 amide bonds. The van der Waals surface area contributed by atoms with Gasteiger partial charge in [-0.15, -0.1) is 11.3 Å². The van der Waals surface area contributed by atoms with E-state index in [4.69, 9.17) is 9.84 Å². The smallest absolute Gasteiger partial charge is 0.307 e. The number of hydrogen-bond donors (Lipinski definition) is 1. The fourth-order valence-electron chi connectivity index (χ4n) is 2.78. The van der Waals surface area contributed by atoms with E-state index in [1.807, 2.05) is 35.7 Å². The van der Waals surface area contributed by atoms with Crippen LogP contribution in [0.4, 0.5) is 0 Å². The molecular formula is C17H20N2O3S. The number of piperidine rings is 1. The average molecular weight is 332 g/mol. The van der Waals surface area contributed by atoms with Crippen LogP contribution >= 0.6 is 11.3 Å². The quantitative estimate of drug-likeness (QED) is 0.881. The number of ether oxygens (including phenoxy) is 1. The molecule has 0 aliphatic carbocycles. The van der Waals surface area contributed by atoms with Crippen molar-refractivity contribution in [2.45, 2.75) is 26.0 Å². The molecule has 6 heteroatoms. The third-order valence-electron chi connectivity index (χ3n) is 3.95. The van der Waals surface area contributed by atoms with Crippen LogP contribution in [-0.4, -0.2) is 34.0 Å². The number of carboxylic acids is 1. The lowest BCUT2D eigenvalue weighted by Gasteiger charge is -2.29. The van der Waals surface area contributed by atoms with Crippen molar-refractivity contribution in [3.8, 4) is 5.75 Å². The van der Waals surface area contributed by atoms with Gasteiger partial charge in [0.25, 0.3) is 0 Å². The van der Waals surface area contributed by atoms with Crippen LogP contribution in [0.15, 0.2) is 35.7 Å². The van der Waals surface area contributed by atoms with Gasteiger partial charge in [0.1, 0.15) is 17.4 Å². The molecule has 1 aliphatic heterocycles. The van der Waals surface area contributed by atoms with Crippen molar-refractivity contribution in [3.05, 3.63) is 46.4 Å². The second kappa shape index (κ2) is 7.57. The number of carbonyl (C=O) groups is 1. The topological polar surface area (TPSA) is 62.7 Å². The summed E-state index contributed by atoms with van der Waals surface area (Å²) in [6, 6.07) is 9.69. The number of aliphatic carboxylic acids is 1. The third-order valence-corrected chi connectivity index (χ3v) is 4.82. The summed E-state index contributed by atoms with van der Waals surface area (Å²) in [5.41, 5.74) is 0.993. The molecule has 1 atom stereocenters. The Balaban J connectivity index is 1.52. The summed E-state index contributed by atoms with van der Waals surface area (Å²) in [4.78, 5) is 17.9. The largest absolute Gasteiger partial charge is 0.486 e. The van der Waals surface area contributed by atoms with E-state index in [-0.39, 0.29) is 5.92 Å². The maximum atomic E-state index is 11.1. The first-order chi connectivity index (χ1) is 11.2. The molecule has 1 aromatic heterocycles. The minimum atomic E-state index is -0.690. The summed E-state index contributed by atoms with van der Waals surface area (Å²) < 4.78 is 5.70. The van der Waals surface area contributed by atoms with Crippen LogP contribution in [0, 0.1) is 5.92 Å². The van der Waals surface area contributed by atoms with Gasteiger partial charge in [-0.25, -0.2) is 4.98 Å². The van der Waals surface area contributed by atoms with Gasteiger partial charge >= 0.3 is 5.97 Å². The molecule has 23 heavy (non-hydrogen) atoms. The molecular weight excluding hydrogens is 312 g/mol. The Hall–Kier alpha value is -1.92. The van der Waals surface area contributed by atoms with E-state index in [1.54, 1.807) is 11.3 Å². The number of benzene rings is 1. The van der Waals surface area contributed by atoms with Crippen molar-refractivity contribution in [1.82, 2.24) is 9.88 Å². The number of carboxylic acid groups (broad SMARTS) is 1. The first-order valence-electron chi connectivity index (χ1n) is 7.77. The zero-order valence-corrected chi connectivity index (χ0v) is 13.7. The Morgan fingerprint density at radius 2 is 2.22 bits per heavy atom. The van der Waals surface area contributed by atoms with Gasteiger partial charge < -0.3 is 9.84 Å². The van der Waals surface area contributed by atoms with E-state index in [2.05, 4.69) is 9.88 Å². The molecule has 1 unspecified atom stereocenters. The van der Waals surface area contributed by atoms with Crippen molar-refractivity contribution in [1.29, 1.82) is 0 Å². The maximum Gasteiger partial charge on any atom is 0.307 e. The van der Waals surface area contributed by atoms with Crippen LogP contribution in [0.25, 0.3) is 0 Å². The van der Waals surface area contributed by atoms with Crippen LogP contribution in [0.1, 0.15) is 23.5 Å². The van der Waals surface area contributed by atoms with Crippen molar-refractivity contribution in [2.24, 2.45) is 5.92 Å². The molecule has 1 aromatic carbocycles. The van der Waals surface area contributed by atoms with Crippen LogP contribution < -0.4 is 4.74 Å². The van der Waals surface area contributed by atoms with Gasteiger partial charge in [-0.2, -0.15) is 0 Å². The molecule has 122 valence electrons.